The summed E-state index contributed by atoms with van der Waals surface area (Å²) in [6, 6.07) is 0. The van der Waals surface area contributed by atoms with Gasteiger partial charge < -0.3 is 15.4 Å². The first kappa shape index (κ1) is 14.4. The molecule has 0 radical (unpaired) electrons. The maximum absolute atomic E-state index is 11.2. The second-order valence-corrected chi connectivity index (χ2v) is 4.09. The Hall–Kier alpha value is -0.610. The number of hydrogen-bond donors (Lipinski definition) is 1. The van der Waals surface area contributed by atoms with Crippen LogP contribution in [0.25, 0.3) is 0 Å². The number of esters is 1. The van der Waals surface area contributed by atoms with E-state index < -0.39 is 0 Å². The molecular formula is C11H24N2O2. The normalized spacial score (nSPS) is 11.1. The summed E-state index contributed by atoms with van der Waals surface area (Å²) < 4.78 is 5.04. The van der Waals surface area contributed by atoms with Crippen LogP contribution < -0.4 is 5.73 Å². The number of carbonyl (C=O) groups is 1. The van der Waals surface area contributed by atoms with Gasteiger partial charge in [-0.1, -0.05) is 0 Å². The molecule has 0 atom stereocenters. The molecule has 4 nitrogen and oxygen atoms in total. The van der Waals surface area contributed by atoms with Crippen LogP contribution in [-0.2, 0) is 9.53 Å². The summed E-state index contributed by atoms with van der Waals surface area (Å²) in [5.74, 6) is -0.0998. The van der Waals surface area contributed by atoms with Crippen LogP contribution in [0.3, 0.4) is 0 Å². The van der Waals surface area contributed by atoms with Gasteiger partial charge in [-0.05, 0) is 53.4 Å². The molecule has 15 heavy (non-hydrogen) atoms. The SMILES string of the molecule is CC(C)OC(=O)CCCN(C)CCCN. The van der Waals surface area contributed by atoms with Gasteiger partial charge >= 0.3 is 5.97 Å². The molecule has 0 aromatic carbocycles. The topological polar surface area (TPSA) is 55.6 Å². The standard InChI is InChI=1S/C11H24N2O2/c1-10(2)15-11(14)6-4-8-13(3)9-5-7-12/h10H,4-9,12H2,1-3H3. The van der Waals surface area contributed by atoms with E-state index >= 15 is 0 Å². The van der Waals surface area contributed by atoms with Gasteiger partial charge in [-0.2, -0.15) is 0 Å². The Labute approximate surface area is 92.8 Å². The highest BCUT2D eigenvalue weighted by atomic mass is 16.5. The minimum atomic E-state index is -0.0998. The summed E-state index contributed by atoms with van der Waals surface area (Å²) in [6.45, 7) is 6.37. The largest absolute Gasteiger partial charge is 0.463 e. The van der Waals surface area contributed by atoms with Crippen molar-refractivity contribution < 1.29 is 9.53 Å². The minimum Gasteiger partial charge on any atom is -0.463 e. The van der Waals surface area contributed by atoms with E-state index in [0.29, 0.717) is 6.42 Å². The fraction of sp³-hybridized carbons (Fsp3) is 0.909. The molecule has 0 fully saturated rings. The van der Waals surface area contributed by atoms with Crippen molar-refractivity contribution in [3.05, 3.63) is 0 Å². The van der Waals surface area contributed by atoms with Crippen LogP contribution in [0.15, 0.2) is 0 Å². The summed E-state index contributed by atoms with van der Waals surface area (Å²) >= 11 is 0. The van der Waals surface area contributed by atoms with Gasteiger partial charge in [0.25, 0.3) is 0 Å². The Bertz CT molecular complexity index is 172. The first-order valence-corrected chi connectivity index (χ1v) is 5.64. The van der Waals surface area contributed by atoms with Crippen molar-refractivity contribution in [3.63, 3.8) is 0 Å². The molecule has 0 bridgehead atoms. The molecule has 0 aliphatic heterocycles. The number of rotatable bonds is 8. The highest BCUT2D eigenvalue weighted by molar-refractivity contribution is 5.69. The molecule has 0 aromatic heterocycles. The summed E-state index contributed by atoms with van der Waals surface area (Å²) in [5.41, 5.74) is 5.41. The fourth-order valence-electron chi connectivity index (χ4n) is 1.29. The van der Waals surface area contributed by atoms with E-state index in [4.69, 9.17) is 10.5 Å². The van der Waals surface area contributed by atoms with Gasteiger partial charge in [0.1, 0.15) is 0 Å². The second-order valence-electron chi connectivity index (χ2n) is 4.09. The molecule has 0 saturated heterocycles. The van der Waals surface area contributed by atoms with Crippen molar-refractivity contribution in [2.45, 2.75) is 39.2 Å². The first-order valence-electron chi connectivity index (χ1n) is 5.64. The minimum absolute atomic E-state index is 0.00697. The summed E-state index contributed by atoms with van der Waals surface area (Å²) in [5, 5.41) is 0. The number of ether oxygens (including phenoxy) is 1. The molecule has 0 heterocycles. The smallest absolute Gasteiger partial charge is 0.306 e. The van der Waals surface area contributed by atoms with Crippen molar-refractivity contribution in [2.24, 2.45) is 5.73 Å². The van der Waals surface area contributed by atoms with Crippen LogP contribution in [0, 0.1) is 0 Å². The van der Waals surface area contributed by atoms with Crippen LogP contribution in [0.4, 0.5) is 0 Å². The zero-order valence-corrected chi connectivity index (χ0v) is 10.2. The van der Waals surface area contributed by atoms with E-state index in [0.717, 1.165) is 32.5 Å². The predicted molar refractivity (Wildman–Crippen MR) is 61.6 cm³/mol. The molecule has 0 amide bonds. The number of carbonyl (C=O) groups excluding carboxylic acids is 1. The number of hydrogen-bond acceptors (Lipinski definition) is 4. The second kappa shape index (κ2) is 8.68. The molecule has 0 spiro atoms. The average Bonchev–Trinajstić information content (AvgIpc) is 2.13. The van der Waals surface area contributed by atoms with Gasteiger partial charge in [0.05, 0.1) is 6.10 Å². The van der Waals surface area contributed by atoms with Gasteiger partial charge in [-0.3, -0.25) is 4.79 Å². The van der Waals surface area contributed by atoms with E-state index in [1.807, 2.05) is 20.9 Å². The lowest BCUT2D eigenvalue weighted by molar-refractivity contribution is -0.147. The van der Waals surface area contributed by atoms with Crippen LogP contribution in [0.1, 0.15) is 33.1 Å². The van der Waals surface area contributed by atoms with Gasteiger partial charge in [0.15, 0.2) is 0 Å². The Morgan fingerprint density at radius 1 is 1.33 bits per heavy atom. The lowest BCUT2D eigenvalue weighted by Gasteiger charge is -2.15. The van der Waals surface area contributed by atoms with E-state index in [1.165, 1.54) is 0 Å². The Balaban J connectivity index is 3.40. The van der Waals surface area contributed by atoms with Crippen LogP contribution >= 0.6 is 0 Å². The lowest BCUT2D eigenvalue weighted by Crippen LogP contribution is -2.23. The van der Waals surface area contributed by atoms with Crippen molar-refractivity contribution >= 4 is 5.97 Å². The highest BCUT2D eigenvalue weighted by Crippen LogP contribution is 1.98. The molecule has 0 aliphatic carbocycles. The Morgan fingerprint density at radius 3 is 2.47 bits per heavy atom. The third-order valence-corrected chi connectivity index (χ3v) is 2.03. The van der Waals surface area contributed by atoms with E-state index in [9.17, 15) is 4.79 Å². The molecule has 90 valence electrons. The van der Waals surface area contributed by atoms with Gasteiger partial charge in [0.2, 0.25) is 0 Å². The summed E-state index contributed by atoms with van der Waals surface area (Å²) in [7, 11) is 2.05. The molecule has 0 aromatic rings. The predicted octanol–water partition coefficient (Wildman–Crippen LogP) is 0.999. The Morgan fingerprint density at radius 2 is 1.93 bits per heavy atom. The van der Waals surface area contributed by atoms with Crippen molar-refractivity contribution in [2.75, 3.05) is 26.7 Å². The van der Waals surface area contributed by atoms with Crippen molar-refractivity contribution in [1.29, 1.82) is 0 Å². The third kappa shape index (κ3) is 9.69. The van der Waals surface area contributed by atoms with Gasteiger partial charge in [-0.15, -0.1) is 0 Å². The third-order valence-electron chi connectivity index (χ3n) is 2.03. The van der Waals surface area contributed by atoms with Crippen LogP contribution in [0.2, 0.25) is 0 Å². The molecule has 0 rings (SSSR count). The molecule has 0 saturated carbocycles. The quantitative estimate of drug-likeness (QED) is 0.615. The first-order chi connectivity index (χ1) is 7.06. The maximum Gasteiger partial charge on any atom is 0.306 e. The molecular weight excluding hydrogens is 192 g/mol. The number of nitrogens with two attached hydrogens (primary N) is 1. The van der Waals surface area contributed by atoms with Crippen molar-refractivity contribution in [3.8, 4) is 0 Å². The van der Waals surface area contributed by atoms with Crippen LogP contribution in [0.5, 0.6) is 0 Å². The molecule has 2 N–H and O–H groups in total. The summed E-state index contributed by atoms with van der Waals surface area (Å²) in [6.07, 6.45) is 2.36. The maximum atomic E-state index is 11.2. The van der Waals surface area contributed by atoms with Crippen LogP contribution in [-0.4, -0.2) is 43.7 Å². The zero-order valence-electron chi connectivity index (χ0n) is 10.2. The fourth-order valence-corrected chi connectivity index (χ4v) is 1.29. The Kier molecular flexibility index (Phi) is 8.33. The summed E-state index contributed by atoms with van der Waals surface area (Å²) in [4.78, 5) is 13.4. The molecule has 0 aliphatic rings. The number of nitrogens with zero attached hydrogens (tertiary/aromatic N) is 1. The van der Waals surface area contributed by atoms with E-state index in [-0.39, 0.29) is 12.1 Å². The average molecular weight is 216 g/mol. The van der Waals surface area contributed by atoms with Gasteiger partial charge in [-0.25, -0.2) is 0 Å². The molecule has 0 unspecified atom stereocenters. The van der Waals surface area contributed by atoms with E-state index in [1.54, 1.807) is 0 Å². The van der Waals surface area contributed by atoms with E-state index in [2.05, 4.69) is 4.90 Å². The van der Waals surface area contributed by atoms with Gasteiger partial charge in [0, 0.05) is 6.42 Å². The lowest BCUT2D eigenvalue weighted by atomic mass is 10.3. The zero-order chi connectivity index (χ0) is 11.7. The highest BCUT2D eigenvalue weighted by Gasteiger charge is 2.05. The van der Waals surface area contributed by atoms with Crippen molar-refractivity contribution in [1.82, 2.24) is 4.90 Å². The molecule has 4 heteroatoms. The monoisotopic (exact) mass is 216 g/mol.